The Hall–Kier alpha value is -4.07. The summed E-state index contributed by atoms with van der Waals surface area (Å²) in [6.45, 7) is 3.90. The number of nitrogens with zero attached hydrogens (tertiary/aromatic N) is 5. The number of benzene rings is 2. The van der Waals surface area contributed by atoms with Crippen LogP contribution in [0, 0.1) is 13.8 Å². The maximum absolute atomic E-state index is 13.6. The number of aromatic amines is 1. The zero-order valence-corrected chi connectivity index (χ0v) is 16.5. The Morgan fingerprint density at radius 3 is 2.63 bits per heavy atom. The van der Waals surface area contributed by atoms with Crippen LogP contribution < -0.4 is 11.3 Å². The van der Waals surface area contributed by atoms with E-state index in [0.29, 0.717) is 40.0 Å². The van der Waals surface area contributed by atoms with Crippen LogP contribution in [0.4, 0.5) is 5.95 Å². The third kappa shape index (κ3) is 2.81. The second-order valence-corrected chi connectivity index (χ2v) is 7.23. The predicted octanol–water partition coefficient (Wildman–Crippen LogP) is 2.84. The van der Waals surface area contributed by atoms with Crippen molar-refractivity contribution < 1.29 is 0 Å². The first-order chi connectivity index (χ1) is 14.5. The lowest BCUT2D eigenvalue weighted by Crippen LogP contribution is -2.25. The van der Waals surface area contributed by atoms with Crippen molar-refractivity contribution in [3.8, 4) is 5.69 Å². The third-order valence-corrected chi connectivity index (χ3v) is 5.24. The highest BCUT2D eigenvalue weighted by molar-refractivity contribution is 5.82. The second-order valence-electron chi connectivity index (χ2n) is 7.23. The first kappa shape index (κ1) is 18.0. The molecule has 2 aromatic carbocycles. The number of nitrogen functional groups attached to an aromatic ring is 1. The monoisotopic (exact) mass is 397 g/mol. The molecule has 0 unspecified atom stereocenters. The molecule has 0 bridgehead atoms. The van der Waals surface area contributed by atoms with E-state index in [0.717, 1.165) is 16.8 Å². The van der Waals surface area contributed by atoms with Crippen LogP contribution in [-0.2, 0) is 6.42 Å². The molecular formula is C22H19N7O. The number of anilines is 1. The number of rotatable bonds is 3. The fourth-order valence-corrected chi connectivity index (χ4v) is 3.81. The molecule has 0 amide bonds. The molecule has 5 aromatic rings. The van der Waals surface area contributed by atoms with Crippen LogP contribution in [0.2, 0.25) is 0 Å². The fourth-order valence-electron chi connectivity index (χ4n) is 3.81. The molecule has 0 aliphatic rings. The van der Waals surface area contributed by atoms with Gasteiger partial charge in [-0.15, -0.1) is 0 Å². The molecule has 3 heterocycles. The van der Waals surface area contributed by atoms with Crippen LogP contribution in [-0.4, -0.2) is 29.5 Å². The Morgan fingerprint density at radius 1 is 1.00 bits per heavy atom. The van der Waals surface area contributed by atoms with Crippen LogP contribution >= 0.6 is 0 Å². The van der Waals surface area contributed by atoms with E-state index in [-0.39, 0.29) is 11.5 Å². The highest BCUT2D eigenvalue weighted by Gasteiger charge is 2.18. The van der Waals surface area contributed by atoms with Gasteiger partial charge in [-0.25, -0.2) is 15.0 Å². The van der Waals surface area contributed by atoms with Gasteiger partial charge in [-0.1, -0.05) is 30.3 Å². The Balaban J connectivity index is 1.83. The number of fused-ring (bicyclic) bond motifs is 2. The summed E-state index contributed by atoms with van der Waals surface area (Å²) in [5.41, 5.74) is 10.9. The lowest BCUT2D eigenvalue weighted by Gasteiger charge is -2.16. The second kappa shape index (κ2) is 6.77. The van der Waals surface area contributed by atoms with Gasteiger partial charge in [0, 0.05) is 0 Å². The highest BCUT2D eigenvalue weighted by atomic mass is 16.1. The molecule has 30 heavy (non-hydrogen) atoms. The average Bonchev–Trinajstić information content (AvgIpc) is 3.18. The summed E-state index contributed by atoms with van der Waals surface area (Å²) < 4.78 is 1.67. The SMILES string of the molecule is Cc1ccccc1-n1c(Cc2nc(N)nc3nc[nH]c23)nc2cccc(C)c2c1=O. The first-order valence-electron chi connectivity index (χ1n) is 9.55. The van der Waals surface area contributed by atoms with Crippen LogP contribution in [0.1, 0.15) is 22.6 Å². The molecule has 3 aromatic heterocycles. The molecule has 0 saturated carbocycles. The van der Waals surface area contributed by atoms with E-state index < -0.39 is 0 Å². The fraction of sp³-hybridized carbons (Fsp3) is 0.136. The number of aryl methyl sites for hydroxylation is 2. The lowest BCUT2D eigenvalue weighted by molar-refractivity contribution is 0.833. The minimum Gasteiger partial charge on any atom is -0.368 e. The van der Waals surface area contributed by atoms with Crippen molar-refractivity contribution in [2.75, 3.05) is 5.73 Å². The van der Waals surface area contributed by atoms with E-state index in [2.05, 4.69) is 19.9 Å². The smallest absolute Gasteiger partial charge is 0.266 e. The van der Waals surface area contributed by atoms with E-state index in [4.69, 9.17) is 10.7 Å². The largest absolute Gasteiger partial charge is 0.368 e. The number of hydrogen-bond donors (Lipinski definition) is 2. The molecule has 5 rings (SSSR count). The van der Waals surface area contributed by atoms with E-state index in [1.165, 1.54) is 0 Å². The van der Waals surface area contributed by atoms with Gasteiger partial charge in [0.1, 0.15) is 11.3 Å². The van der Waals surface area contributed by atoms with Gasteiger partial charge in [0.05, 0.1) is 35.0 Å². The van der Waals surface area contributed by atoms with Crippen molar-refractivity contribution in [1.29, 1.82) is 0 Å². The van der Waals surface area contributed by atoms with Crippen LogP contribution in [0.25, 0.3) is 27.8 Å². The standard InChI is InChI=1S/C22H19N7O/c1-12-6-3-4-9-16(12)29-17(26-14-8-5-7-13(2)18(14)21(29)30)10-15-19-20(25-11-24-19)28-22(23)27-15/h3-9,11H,10H2,1-2H3,(H3,23,24,25,27,28). The van der Waals surface area contributed by atoms with Crippen molar-refractivity contribution in [3.05, 3.63) is 81.8 Å². The van der Waals surface area contributed by atoms with Crippen molar-refractivity contribution in [1.82, 2.24) is 29.5 Å². The van der Waals surface area contributed by atoms with E-state index in [1.54, 1.807) is 10.9 Å². The van der Waals surface area contributed by atoms with E-state index >= 15 is 0 Å². The topological polar surface area (TPSA) is 115 Å². The number of H-pyrrole nitrogens is 1. The summed E-state index contributed by atoms with van der Waals surface area (Å²) in [6, 6.07) is 13.4. The quantitative estimate of drug-likeness (QED) is 0.484. The number of aromatic nitrogens is 6. The maximum atomic E-state index is 13.6. The Labute approximate surface area is 171 Å². The number of nitrogens with one attached hydrogen (secondary N) is 1. The predicted molar refractivity (Wildman–Crippen MR) is 116 cm³/mol. The molecule has 0 atom stereocenters. The van der Waals surface area contributed by atoms with Crippen molar-refractivity contribution in [2.45, 2.75) is 20.3 Å². The molecule has 0 radical (unpaired) electrons. The summed E-state index contributed by atoms with van der Waals surface area (Å²) in [7, 11) is 0. The van der Waals surface area contributed by atoms with Gasteiger partial charge in [0.2, 0.25) is 5.95 Å². The lowest BCUT2D eigenvalue weighted by atomic mass is 10.1. The van der Waals surface area contributed by atoms with E-state index in [1.807, 2.05) is 56.3 Å². The minimum atomic E-state index is -0.106. The zero-order valence-electron chi connectivity index (χ0n) is 16.5. The van der Waals surface area contributed by atoms with Crippen molar-refractivity contribution in [2.24, 2.45) is 0 Å². The van der Waals surface area contributed by atoms with Crippen LogP contribution in [0.15, 0.2) is 53.6 Å². The highest BCUT2D eigenvalue weighted by Crippen LogP contribution is 2.21. The average molecular weight is 397 g/mol. The van der Waals surface area contributed by atoms with Gasteiger partial charge in [-0.2, -0.15) is 4.98 Å². The Kier molecular flexibility index (Phi) is 4.06. The molecule has 0 spiro atoms. The van der Waals surface area contributed by atoms with Gasteiger partial charge < -0.3 is 10.7 Å². The molecule has 8 nitrogen and oxygen atoms in total. The molecule has 0 saturated heterocycles. The molecule has 0 aliphatic heterocycles. The number of nitrogens with two attached hydrogens (primary N) is 1. The summed E-state index contributed by atoms with van der Waals surface area (Å²) in [5.74, 6) is 0.701. The maximum Gasteiger partial charge on any atom is 0.266 e. The summed E-state index contributed by atoms with van der Waals surface area (Å²) in [5, 5.41) is 0.610. The Morgan fingerprint density at radius 2 is 1.80 bits per heavy atom. The third-order valence-electron chi connectivity index (χ3n) is 5.24. The molecule has 0 aliphatic carbocycles. The summed E-state index contributed by atoms with van der Waals surface area (Å²) in [4.78, 5) is 34.3. The van der Waals surface area contributed by atoms with E-state index in [9.17, 15) is 4.79 Å². The van der Waals surface area contributed by atoms with Gasteiger partial charge in [0.15, 0.2) is 5.65 Å². The Bertz CT molecular complexity index is 1480. The molecular weight excluding hydrogens is 378 g/mol. The number of imidazole rings is 1. The van der Waals surface area contributed by atoms with Gasteiger partial charge in [0.25, 0.3) is 5.56 Å². The number of para-hydroxylation sites is 1. The molecule has 148 valence electrons. The van der Waals surface area contributed by atoms with Crippen molar-refractivity contribution in [3.63, 3.8) is 0 Å². The minimum absolute atomic E-state index is 0.106. The summed E-state index contributed by atoms with van der Waals surface area (Å²) >= 11 is 0. The van der Waals surface area contributed by atoms with Gasteiger partial charge in [-0.3, -0.25) is 9.36 Å². The molecule has 0 fully saturated rings. The van der Waals surface area contributed by atoms with Crippen LogP contribution in [0.3, 0.4) is 0 Å². The van der Waals surface area contributed by atoms with Crippen molar-refractivity contribution >= 4 is 28.0 Å². The molecule has 3 N–H and O–H groups in total. The number of hydrogen-bond acceptors (Lipinski definition) is 6. The van der Waals surface area contributed by atoms with Gasteiger partial charge >= 0.3 is 0 Å². The summed E-state index contributed by atoms with van der Waals surface area (Å²) in [6.07, 6.45) is 1.84. The van der Waals surface area contributed by atoms with Crippen LogP contribution in [0.5, 0.6) is 0 Å². The first-order valence-corrected chi connectivity index (χ1v) is 9.55. The molecule has 8 heteroatoms. The van der Waals surface area contributed by atoms with Gasteiger partial charge in [-0.05, 0) is 37.1 Å². The normalized spacial score (nSPS) is 11.4. The zero-order chi connectivity index (χ0) is 20.8.